The fourth-order valence-corrected chi connectivity index (χ4v) is 2.18. The molecule has 3 aliphatic rings. The van der Waals surface area contributed by atoms with Crippen LogP contribution in [0.15, 0.2) is 0 Å². The number of aliphatic hydroxyl groups is 1. The number of ether oxygens (including phenoxy) is 1. The number of fused-ring (bicyclic) bond motifs is 3. The van der Waals surface area contributed by atoms with Gasteiger partial charge in [0, 0.05) is 39.3 Å². The summed E-state index contributed by atoms with van der Waals surface area (Å²) in [5, 5.41) is 9.10. The Morgan fingerprint density at radius 1 is 1.42 bits per heavy atom. The van der Waals surface area contributed by atoms with Crippen LogP contribution in [0.1, 0.15) is 0 Å². The first-order valence-corrected chi connectivity index (χ1v) is 4.47. The highest BCUT2D eigenvalue weighted by Gasteiger charge is 2.38. The Labute approximate surface area is 72.7 Å². The SMILES string of the molecule is COC1CN2CCN1C(CO)C2. The molecule has 3 heterocycles. The fourth-order valence-electron chi connectivity index (χ4n) is 2.18. The summed E-state index contributed by atoms with van der Waals surface area (Å²) in [6, 6.07) is 0.289. The van der Waals surface area contributed by atoms with Gasteiger partial charge in [0.1, 0.15) is 6.23 Å². The van der Waals surface area contributed by atoms with Gasteiger partial charge in [-0.25, -0.2) is 0 Å². The second kappa shape index (κ2) is 3.30. The minimum absolute atomic E-state index is 0.199. The van der Waals surface area contributed by atoms with Gasteiger partial charge in [-0.15, -0.1) is 0 Å². The van der Waals surface area contributed by atoms with Crippen LogP contribution in [0.25, 0.3) is 0 Å². The Hall–Kier alpha value is -0.160. The predicted octanol–water partition coefficient (Wildman–Crippen LogP) is -1.05. The van der Waals surface area contributed by atoms with E-state index in [2.05, 4.69) is 9.80 Å². The van der Waals surface area contributed by atoms with Gasteiger partial charge < -0.3 is 9.84 Å². The van der Waals surface area contributed by atoms with Gasteiger partial charge in [-0.2, -0.15) is 0 Å². The molecule has 12 heavy (non-hydrogen) atoms. The number of hydrogen-bond acceptors (Lipinski definition) is 4. The summed E-state index contributed by atoms with van der Waals surface area (Å²) < 4.78 is 5.33. The lowest BCUT2D eigenvalue weighted by atomic mass is 10.1. The number of hydrogen-bond donors (Lipinski definition) is 1. The number of rotatable bonds is 2. The van der Waals surface area contributed by atoms with Gasteiger partial charge in [0.25, 0.3) is 0 Å². The normalized spacial score (nSPS) is 46.5. The van der Waals surface area contributed by atoms with Gasteiger partial charge in [0.15, 0.2) is 0 Å². The maximum atomic E-state index is 9.10. The van der Waals surface area contributed by atoms with E-state index >= 15 is 0 Å². The van der Waals surface area contributed by atoms with E-state index in [4.69, 9.17) is 9.84 Å². The van der Waals surface area contributed by atoms with E-state index in [0.717, 1.165) is 26.2 Å². The first-order chi connectivity index (χ1) is 5.85. The number of aliphatic hydroxyl groups excluding tert-OH is 1. The van der Waals surface area contributed by atoms with Crippen LogP contribution in [0, 0.1) is 0 Å². The molecule has 0 aromatic heterocycles. The lowest BCUT2D eigenvalue weighted by molar-refractivity contribution is -0.149. The summed E-state index contributed by atoms with van der Waals surface area (Å²) >= 11 is 0. The van der Waals surface area contributed by atoms with E-state index in [0.29, 0.717) is 0 Å². The monoisotopic (exact) mass is 172 g/mol. The molecule has 4 atom stereocenters. The third-order valence-corrected chi connectivity index (χ3v) is 2.88. The maximum absolute atomic E-state index is 9.10. The molecule has 4 heteroatoms. The molecule has 3 saturated heterocycles. The van der Waals surface area contributed by atoms with Crippen molar-refractivity contribution in [2.75, 3.05) is 39.9 Å². The molecular weight excluding hydrogens is 156 g/mol. The third-order valence-electron chi connectivity index (χ3n) is 2.88. The zero-order chi connectivity index (χ0) is 8.55. The Kier molecular flexibility index (Phi) is 2.32. The van der Waals surface area contributed by atoms with Crippen LogP contribution >= 0.6 is 0 Å². The summed E-state index contributed by atoms with van der Waals surface area (Å²) in [7, 11) is 1.74. The van der Waals surface area contributed by atoms with Crippen molar-refractivity contribution in [1.29, 1.82) is 0 Å². The molecule has 0 aromatic carbocycles. The molecule has 3 aliphatic heterocycles. The fraction of sp³-hybridized carbons (Fsp3) is 1.00. The molecule has 4 unspecified atom stereocenters. The standard InChI is InChI=1S/C8H16N2O2/c1-12-8-5-9-2-3-10(8)7(4-9)6-11/h7-8,11H,2-6H2,1H3. The van der Waals surface area contributed by atoms with Gasteiger partial charge in [0.05, 0.1) is 6.61 Å². The molecule has 0 aromatic rings. The highest BCUT2D eigenvalue weighted by Crippen LogP contribution is 2.20. The van der Waals surface area contributed by atoms with Gasteiger partial charge >= 0.3 is 0 Å². The molecule has 0 amide bonds. The first-order valence-electron chi connectivity index (χ1n) is 4.47. The largest absolute Gasteiger partial charge is 0.395 e. The second-order valence-electron chi connectivity index (χ2n) is 3.52. The average Bonchev–Trinajstić information content (AvgIpc) is 2.18. The van der Waals surface area contributed by atoms with Crippen molar-refractivity contribution in [1.82, 2.24) is 9.80 Å². The summed E-state index contributed by atoms with van der Waals surface area (Å²) in [6.07, 6.45) is 0.199. The summed E-state index contributed by atoms with van der Waals surface area (Å²) in [5.74, 6) is 0. The molecule has 0 spiro atoms. The van der Waals surface area contributed by atoms with Crippen molar-refractivity contribution in [3.8, 4) is 0 Å². The Bertz CT molecular complexity index is 151. The quantitative estimate of drug-likeness (QED) is 0.576. The van der Waals surface area contributed by atoms with Crippen molar-refractivity contribution >= 4 is 0 Å². The van der Waals surface area contributed by atoms with E-state index in [1.807, 2.05) is 0 Å². The zero-order valence-electron chi connectivity index (χ0n) is 7.44. The summed E-state index contributed by atoms with van der Waals surface area (Å²) in [6.45, 7) is 4.39. The van der Waals surface area contributed by atoms with Crippen LogP contribution in [0.5, 0.6) is 0 Å². The maximum Gasteiger partial charge on any atom is 0.123 e. The van der Waals surface area contributed by atoms with Crippen molar-refractivity contribution in [3.05, 3.63) is 0 Å². The number of piperazine rings is 3. The van der Waals surface area contributed by atoms with Gasteiger partial charge in [-0.05, 0) is 0 Å². The van der Waals surface area contributed by atoms with Crippen LogP contribution < -0.4 is 0 Å². The van der Waals surface area contributed by atoms with Gasteiger partial charge in [-0.1, -0.05) is 0 Å². The number of nitrogens with zero attached hydrogens (tertiary/aromatic N) is 2. The first kappa shape index (κ1) is 8.44. The average molecular weight is 172 g/mol. The minimum Gasteiger partial charge on any atom is -0.395 e. The lowest BCUT2D eigenvalue weighted by Gasteiger charge is -2.50. The molecule has 1 N–H and O–H groups in total. The second-order valence-corrected chi connectivity index (χ2v) is 3.52. The predicted molar refractivity (Wildman–Crippen MR) is 44.8 cm³/mol. The van der Waals surface area contributed by atoms with Crippen LogP contribution in [0.3, 0.4) is 0 Å². The van der Waals surface area contributed by atoms with E-state index in [1.165, 1.54) is 0 Å². The van der Waals surface area contributed by atoms with Gasteiger partial charge in [0.2, 0.25) is 0 Å². The molecular formula is C8H16N2O2. The Morgan fingerprint density at radius 3 is 2.83 bits per heavy atom. The molecule has 70 valence electrons. The third kappa shape index (κ3) is 1.25. The summed E-state index contributed by atoms with van der Waals surface area (Å²) in [5.41, 5.74) is 0. The summed E-state index contributed by atoms with van der Waals surface area (Å²) in [4.78, 5) is 4.62. The van der Waals surface area contributed by atoms with E-state index in [-0.39, 0.29) is 18.9 Å². The molecule has 3 rings (SSSR count). The molecule has 0 aliphatic carbocycles. The Balaban J connectivity index is 2.05. The smallest absolute Gasteiger partial charge is 0.123 e. The topological polar surface area (TPSA) is 35.9 Å². The number of methoxy groups -OCH3 is 1. The zero-order valence-corrected chi connectivity index (χ0v) is 7.44. The van der Waals surface area contributed by atoms with Crippen molar-refractivity contribution < 1.29 is 9.84 Å². The van der Waals surface area contributed by atoms with Crippen LogP contribution in [0.4, 0.5) is 0 Å². The van der Waals surface area contributed by atoms with Crippen molar-refractivity contribution in [2.24, 2.45) is 0 Å². The van der Waals surface area contributed by atoms with Crippen LogP contribution in [0.2, 0.25) is 0 Å². The van der Waals surface area contributed by atoms with E-state index in [9.17, 15) is 0 Å². The molecule has 2 bridgehead atoms. The van der Waals surface area contributed by atoms with Crippen molar-refractivity contribution in [3.63, 3.8) is 0 Å². The molecule has 4 nitrogen and oxygen atoms in total. The highest BCUT2D eigenvalue weighted by molar-refractivity contribution is 4.90. The lowest BCUT2D eigenvalue weighted by Crippen LogP contribution is -2.67. The van der Waals surface area contributed by atoms with Gasteiger partial charge in [-0.3, -0.25) is 9.80 Å². The van der Waals surface area contributed by atoms with Crippen LogP contribution in [-0.2, 0) is 4.74 Å². The van der Waals surface area contributed by atoms with E-state index < -0.39 is 0 Å². The van der Waals surface area contributed by atoms with Crippen molar-refractivity contribution in [2.45, 2.75) is 12.3 Å². The molecule has 0 radical (unpaired) electrons. The Morgan fingerprint density at radius 2 is 2.25 bits per heavy atom. The van der Waals surface area contributed by atoms with E-state index in [1.54, 1.807) is 7.11 Å². The molecule has 3 fully saturated rings. The molecule has 0 saturated carbocycles. The minimum atomic E-state index is 0.199. The van der Waals surface area contributed by atoms with Crippen LogP contribution in [-0.4, -0.2) is 67.1 Å². The highest BCUT2D eigenvalue weighted by atomic mass is 16.5.